The summed E-state index contributed by atoms with van der Waals surface area (Å²) in [5, 5.41) is 5.56. The van der Waals surface area contributed by atoms with Crippen molar-refractivity contribution in [3.63, 3.8) is 0 Å². The van der Waals surface area contributed by atoms with Crippen molar-refractivity contribution in [2.24, 2.45) is 5.92 Å². The molecule has 0 aliphatic carbocycles. The summed E-state index contributed by atoms with van der Waals surface area (Å²) in [4.78, 5) is 5.72. The summed E-state index contributed by atoms with van der Waals surface area (Å²) in [6, 6.07) is 8.65. The lowest BCUT2D eigenvalue weighted by molar-refractivity contribution is 0.446. The van der Waals surface area contributed by atoms with E-state index in [1.54, 1.807) is 11.3 Å². The quantitative estimate of drug-likeness (QED) is 0.811. The Kier molecular flexibility index (Phi) is 6.22. The molecule has 0 saturated heterocycles. The van der Waals surface area contributed by atoms with Gasteiger partial charge in [0.25, 0.3) is 0 Å². The van der Waals surface area contributed by atoms with Gasteiger partial charge in [0.2, 0.25) is 0 Å². The summed E-state index contributed by atoms with van der Waals surface area (Å²) in [6.45, 7) is 7.43. The van der Waals surface area contributed by atoms with Crippen molar-refractivity contribution < 1.29 is 0 Å². The molecule has 0 saturated carbocycles. The monoisotopic (exact) mass is 322 g/mol. The van der Waals surface area contributed by atoms with Crippen LogP contribution in [-0.4, -0.2) is 17.6 Å². The third kappa shape index (κ3) is 5.42. The summed E-state index contributed by atoms with van der Waals surface area (Å²) in [5.74, 6) is 0.534. The van der Waals surface area contributed by atoms with E-state index in [1.807, 2.05) is 18.3 Å². The molecule has 0 spiro atoms. The van der Waals surface area contributed by atoms with Crippen LogP contribution in [0.5, 0.6) is 0 Å². The van der Waals surface area contributed by atoms with Gasteiger partial charge in [0, 0.05) is 22.1 Å². The van der Waals surface area contributed by atoms with Crippen LogP contribution in [0.4, 0.5) is 0 Å². The number of aryl methyl sites for hydroxylation is 1. The fourth-order valence-electron chi connectivity index (χ4n) is 2.38. The zero-order valence-corrected chi connectivity index (χ0v) is 14.5. The minimum absolute atomic E-state index is 0.502. The summed E-state index contributed by atoms with van der Waals surface area (Å²) in [5.41, 5.74) is 1.23. The molecule has 2 nitrogen and oxygen atoms in total. The Morgan fingerprint density at radius 2 is 2.00 bits per heavy atom. The van der Waals surface area contributed by atoms with Gasteiger partial charge in [-0.15, -0.1) is 11.3 Å². The van der Waals surface area contributed by atoms with Crippen molar-refractivity contribution >= 4 is 22.9 Å². The third-order valence-corrected chi connectivity index (χ3v) is 4.74. The molecule has 0 aliphatic rings. The number of hydrogen-bond donors (Lipinski definition) is 1. The zero-order chi connectivity index (χ0) is 15.2. The summed E-state index contributed by atoms with van der Waals surface area (Å²) in [6.07, 6.45) is 4.06. The number of nitrogens with one attached hydrogen (secondary N) is 1. The maximum Gasteiger partial charge on any atom is 0.0896 e. The standard InChI is InChI=1S/C17H23ClN2S/c1-12(2)19-10-14(9-16-11-20-13(3)21-16)8-15-6-4-5-7-17(15)18/h4-7,11-12,14,19H,8-10H2,1-3H3. The predicted octanol–water partition coefficient (Wildman–Crippen LogP) is 4.50. The zero-order valence-electron chi connectivity index (χ0n) is 12.9. The fraction of sp³-hybridized carbons (Fsp3) is 0.471. The summed E-state index contributed by atoms with van der Waals surface area (Å²) >= 11 is 8.10. The molecule has 0 aliphatic heterocycles. The summed E-state index contributed by atoms with van der Waals surface area (Å²) in [7, 11) is 0. The lowest BCUT2D eigenvalue weighted by Crippen LogP contribution is -2.31. The normalized spacial score (nSPS) is 12.8. The number of halogens is 1. The van der Waals surface area contributed by atoms with Crippen LogP contribution in [-0.2, 0) is 12.8 Å². The van der Waals surface area contributed by atoms with Crippen LogP contribution in [0.15, 0.2) is 30.5 Å². The van der Waals surface area contributed by atoms with E-state index in [0.717, 1.165) is 29.4 Å². The highest BCUT2D eigenvalue weighted by Crippen LogP contribution is 2.23. The minimum Gasteiger partial charge on any atom is -0.314 e. The molecule has 4 heteroatoms. The van der Waals surface area contributed by atoms with Gasteiger partial charge in [-0.25, -0.2) is 4.98 Å². The lowest BCUT2D eigenvalue weighted by Gasteiger charge is -2.19. The SMILES string of the molecule is Cc1ncc(CC(CNC(C)C)Cc2ccccc2Cl)s1. The number of hydrogen-bond acceptors (Lipinski definition) is 3. The average Bonchev–Trinajstić information content (AvgIpc) is 2.84. The van der Waals surface area contributed by atoms with Crippen molar-refractivity contribution in [2.45, 2.75) is 39.7 Å². The van der Waals surface area contributed by atoms with Crippen LogP contribution in [0.1, 0.15) is 29.3 Å². The molecule has 114 valence electrons. The first kappa shape index (κ1) is 16.5. The van der Waals surface area contributed by atoms with Crippen molar-refractivity contribution in [1.82, 2.24) is 10.3 Å². The van der Waals surface area contributed by atoms with Gasteiger partial charge < -0.3 is 5.32 Å². The van der Waals surface area contributed by atoms with Crippen LogP contribution in [0.25, 0.3) is 0 Å². The Labute approximate surface area is 136 Å². The van der Waals surface area contributed by atoms with Gasteiger partial charge in [0.05, 0.1) is 5.01 Å². The first-order valence-corrected chi connectivity index (χ1v) is 8.62. The molecule has 0 fully saturated rings. The highest BCUT2D eigenvalue weighted by molar-refractivity contribution is 7.11. The second-order valence-electron chi connectivity index (χ2n) is 5.77. The van der Waals surface area contributed by atoms with Crippen LogP contribution >= 0.6 is 22.9 Å². The first-order chi connectivity index (χ1) is 10.0. The second-order valence-corrected chi connectivity index (χ2v) is 7.50. The third-order valence-electron chi connectivity index (χ3n) is 3.44. The van der Waals surface area contributed by atoms with Gasteiger partial charge in [-0.1, -0.05) is 43.6 Å². The predicted molar refractivity (Wildman–Crippen MR) is 92.3 cm³/mol. The first-order valence-electron chi connectivity index (χ1n) is 7.42. The Hall–Kier alpha value is -0.900. The van der Waals surface area contributed by atoms with E-state index < -0.39 is 0 Å². The van der Waals surface area contributed by atoms with Crippen LogP contribution < -0.4 is 5.32 Å². The van der Waals surface area contributed by atoms with Crippen molar-refractivity contribution in [3.05, 3.63) is 50.9 Å². The van der Waals surface area contributed by atoms with Gasteiger partial charge in [0.1, 0.15) is 0 Å². The summed E-state index contributed by atoms with van der Waals surface area (Å²) < 4.78 is 0. The van der Waals surface area contributed by atoms with E-state index >= 15 is 0 Å². The van der Waals surface area contributed by atoms with Crippen molar-refractivity contribution in [3.8, 4) is 0 Å². The van der Waals surface area contributed by atoms with Crippen molar-refractivity contribution in [1.29, 1.82) is 0 Å². The number of nitrogens with zero attached hydrogens (tertiary/aromatic N) is 1. The Morgan fingerprint density at radius 3 is 2.62 bits per heavy atom. The van der Waals surface area contributed by atoms with E-state index in [4.69, 9.17) is 11.6 Å². The average molecular weight is 323 g/mol. The van der Waals surface area contributed by atoms with E-state index in [0.29, 0.717) is 12.0 Å². The van der Waals surface area contributed by atoms with Crippen molar-refractivity contribution in [2.75, 3.05) is 6.54 Å². The maximum absolute atomic E-state index is 6.31. The number of thiazole rings is 1. The molecular weight excluding hydrogens is 300 g/mol. The molecular formula is C17H23ClN2S. The molecule has 1 unspecified atom stereocenters. The van der Waals surface area contributed by atoms with Crippen LogP contribution in [0.3, 0.4) is 0 Å². The van der Waals surface area contributed by atoms with E-state index in [1.165, 1.54) is 10.4 Å². The molecule has 21 heavy (non-hydrogen) atoms. The van der Waals surface area contributed by atoms with Gasteiger partial charge in [-0.2, -0.15) is 0 Å². The van der Waals surface area contributed by atoms with Gasteiger partial charge >= 0.3 is 0 Å². The molecule has 1 aromatic carbocycles. The molecule has 1 heterocycles. The fourth-order valence-corrected chi connectivity index (χ4v) is 3.50. The number of rotatable bonds is 7. The molecule has 1 aromatic heterocycles. The Bertz CT molecular complexity index is 565. The number of aromatic nitrogens is 1. The Morgan fingerprint density at radius 1 is 1.24 bits per heavy atom. The molecule has 2 rings (SSSR count). The van der Waals surface area contributed by atoms with Gasteiger partial charge in [-0.3, -0.25) is 0 Å². The lowest BCUT2D eigenvalue weighted by atomic mass is 9.95. The molecule has 1 atom stereocenters. The van der Waals surface area contributed by atoms with E-state index in [9.17, 15) is 0 Å². The van der Waals surface area contributed by atoms with Gasteiger partial charge in [0.15, 0.2) is 0 Å². The smallest absolute Gasteiger partial charge is 0.0896 e. The van der Waals surface area contributed by atoms with Crippen LogP contribution in [0.2, 0.25) is 5.02 Å². The highest BCUT2D eigenvalue weighted by atomic mass is 35.5. The molecule has 0 bridgehead atoms. The molecule has 1 N–H and O–H groups in total. The second kappa shape index (κ2) is 7.92. The van der Waals surface area contributed by atoms with E-state index in [2.05, 4.69) is 43.2 Å². The number of benzene rings is 1. The minimum atomic E-state index is 0.502. The van der Waals surface area contributed by atoms with E-state index in [-0.39, 0.29) is 0 Å². The van der Waals surface area contributed by atoms with Gasteiger partial charge in [-0.05, 0) is 43.9 Å². The largest absolute Gasteiger partial charge is 0.314 e. The van der Waals surface area contributed by atoms with Crippen LogP contribution in [0, 0.1) is 12.8 Å². The molecule has 0 amide bonds. The molecule has 0 radical (unpaired) electrons. The highest BCUT2D eigenvalue weighted by Gasteiger charge is 2.14. The topological polar surface area (TPSA) is 24.9 Å². The maximum atomic E-state index is 6.31. The molecule has 2 aromatic rings. The Balaban J connectivity index is 2.06.